The lowest BCUT2D eigenvalue weighted by Gasteiger charge is -2.35. The lowest BCUT2D eigenvalue weighted by atomic mass is 9.78. The summed E-state index contributed by atoms with van der Waals surface area (Å²) in [7, 11) is 0. The second kappa shape index (κ2) is 8.02. The van der Waals surface area contributed by atoms with E-state index in [1.54, 1.807) is 12.1 Å². The molecule has 0 aromatic heterocycles. The summed E-state index contributed by atoms with van der Waals surface area (Å²) in [5, 5.41) is 14.2. The number of aliphatic hydroxyl groups is 1. The molecule has 1 aliphatic carbocycles. The van der Waals surface area contributed by atoms with Gasteiger partial charge in [0.15, 0.2) is 0 Å². The van der Waals surface area contributed by atoms with Gasteiger partial charge < -0.3 is 15.2 Å². The highest BCUT2D eigenvalue weighted by molar-refractivity contribution is 6.30. The molecule has 0 spiro atoms. The van der Waals surface area contributed by atoms with Gasteiger partial charge in [0.1, 0.15) is 18.5 Å². The number of benzene rings is 1. The fourth-order valence-corrected chi connectivity index (χ4v) is 3.15. The highest BCUT2D eigenvalue weighted by Gasteiger charge is 2.26. The van der Waals surface area contributed by atoms with Crippen LogP contribution in [0.2, 0.25) is 5.02 Å². The molecule has 1 aromatic carbocycles. The normalized spacial score (nSPS) is 27.3. The first-order valence-electron chi connectivity index (χ1n) is 7.86. The topological polar surface area (TPSA) is 41.5 Å². The Kier molecular flexibility index (Phi) is 6.34. The molecule has 4 unspecified atom stereocenters. The van der Waals surface area contributed by atoms with E-state index in [2.05, 4.69) is 19.2 Å². The number of rotatable bonds is 6. The maximum absolute atomic E-state index is 10.0. The Bertz CT molecular complexity index is 441. The maximum Gasteiger partial charge on any atom is 0.120 e. The van der Waals surface area contributed by atoms with Gasteiger partial charge in [-0.2, -0.15) is 0 Å². The molecule has 1 fully saturated rings. The quantitative estimate of drug-likeness (QED) is 0.845. The van der Waals surface area contributed by atoms with Gasteiger partial charge in [-0.1, -0.05) is 44.4 Å². The van der Waals surface area contributed by atoms with Crippen LogP contribution in [0.4, 0.5) is 0 Å². The Morgan fingerprint density at radius 2 is 2.19 bits per heavy atom. The van der Waals surface area contributed by atoms with Crippen LogP contribution in [0.3, 0.4) is 0 Å². The van der Waals surface area contributed by atoms with Crippen molar-refractivity contribution in [3.8, 4) is 5.75 Å². The fourth-order valence-electron chi connectivity index (χ4n) is 2.97. The molecular weight excluding hydrogens is 286 g/mol. The summed E-state index contributed by atoms with van der Waals surface area (Å²) in [6.45, 7) is 5.47. The third-order valence-electron chi connectivity index (χ3n) is 4.56. The minimum absolute atomic E-state index is 0.282. The molecule has 0 radical (unpaired) electrons. The molecule has 2 rings (SSSR count). The minimum Gasteiger partial charge on any atom is -0.491 e. The molecule has 3 nitrogen and oxygen atoms in total. The number of hydrogen-bond acceptors (Lipinski definition) is 3. The molecule has 1 saturated carbocycles. The molecule has 21 heavy (non-hydrogen) atoms. The van der Waals surface area contributed by atoms with Crippen molar-refractivity contribution >= 4 is 11.6 Å². The van der Waals surface area contributed by atoms with Gasteiger partial charge in [0.05, 0.1) is 0 Å². The molecule has 2 N–H and O–H groups in total. The molecule has 4 atom stereocenters. The number of aliphatic hydroxyl groups excluding tert-OH is 1. The summed E-state index contributed by atoms with van der Waals surface area (Å²) < 4.78 is 5.56. The monoisotopic (exact) mass is 311 g/mol. The van der Waals surface area contributed by atoms with Crippen molar-refractivity contribution in [1.29, 1.82) is 0 Å². The van der Waals surface area contributed by atoms with Crippen LogP contribution < -0.4 is 10.1 Å². The van der Waals surface area contributed by atoms with Gasteiger partial charge in [0.2, 0.25) is 0 Å². The third-order valence-corrected chi connectivity index (χ3v) is 4.80. The van der Waals surface area contributed by atoms with Crippen LogP contribution in [-0.2, 0) is 0 Å². The van der Waals surface area contributed by atoms with Crippen LogP contribution in [0.25, 0.3) is 0 Å². The zero-order chi connectivity index (χ0) is 15.2. The van der Waals surface area contributed by atoms with Crippen molar-refractivity contribution in [2.24, 2.45) is 11.8 Å². The largest absolute Gasteiger partial charge is 0.491 e. The zero-order valence-electron chi connectivity index (χ0n) is 12.9. The molecule has 0 saturated heterocycles. The van der Waals surface area contributed by atoms with E-state index in [1.165, 1.54) is 19.3 Å². The molecule has 0 bridgehead atoms. The first kappa shape index (κ1) is 16.6. The Morgan fingerprint density at radius 1 is 1.38 bits per heavy atom. The predicted octanol–water partition coefficient (Wildman–Crippen LogP) is 3.49. The molecule has 1 aliphatic rings. The van der Waals surface area contributed by atoms with Gasteiger partial charge in [-0.05, 0) is 36.5 Å². The average Bonchev–Trinajstić information content (AvgIpc) is 2.47. The summed E-state index contributed by atoms with van der Waals surface area (Å²) in [4.78, 5) is 0. The first-order chi connectivity index (χ1) is 10.1. The Balaban J connectivity index is 1.71. The van der Waals surface area contributed by atoms with Crippen molar-refractivity contribution in [2.75, 3.05) is 13.2 Å². The Hall–Kier alpha value is -0.770. The minimum atomic E-state index is -0.506. The fraction of sp³-hybridized carbons (Fsp3) is 0.647. The van der Waals surface area contributed by atoms with Crippen LogP contribution in [0.15, 0.2) is 24.3 Å². The van der Waals surface area contributed by atoms with E-state index in [4.69, 9.17) is 16.3 Å². The predicted molar refractivity (Wildman–Crippen MR) is 86.9 cm³/mol. The van der Waals surface area contributed by atoms with Crippen molar-refractivity contribution < 1.29 is 9.84 Å². The molecule has 118 valence electrons. The third kappa shape index (κ3) is 5.17. The number of hydrogen-bond donors (Lipinski definition) is 2. The summed E-state index contributed by atoms with van der Waals surface area (Å²) in [6.07, 6.45) is 3.29. The highest BCUT2D eigenvalue weighted by Crippen LogP contribution is 2.29. The van der Waals surface area contributed by atoms with E-state index in [9.17, 15) is 5.11 Å². The van der Waals surface area contributed by atoms with E-state index >= 15 is 0 Å². The van der Waals surface area contributed by atoms with Crippen molar-refractivity contribution in [1.82, 2.24) is 5.32 Å². The Morgan fingerprint density at radius 3 is 2.95 bits per heavy atom. The molecule has 0 heterocycles. The average molecular weight is 312 g/mol. The van der Waals surface area contributed by atoms with Gasteiger partial charge in [0.25, 0.3) is 0 Å². The van der Waals surface area contributed by atoms with Crippen LogP contribution in [0, 0.1) is 11.8 Å². The number of ether oxygens (including phenoxy) is 1. The lowest BCUT2D eigenvalue weighted by molar-refractivity contribution is 0.0946. The maximum atomic E-state index is 10.0. The molecule has 1 aromatic rings. The zero-order valence-corrected chi connectivity index (χ0v) is 13.6. The van der Waals surface area contributed by atoms with Crippen molar-refractivity contribution in [2.45, 2.75) is 45.3 Å². The number of nitrogens with one attached hydrogen (secondary N) is 1. The van der Waals surface area contributed by atoms with Gasteiger partial charge in [-0.3, -0.25) is 0 Å². The second-order valence-corrected chi connectivity index (χ2v) is 6.64. The van der Waals surface area contributed by atoms with Crippen LogP contribution in [0.1, 0.15) is 33.1 Å². The molecule has 0 aliphatic heterocycles. The van der Waals surface area contributed by atoms with E-state index in [0.29, 0.717) is 29.3 Å². The van der Waals surface area contributed by atoms with E-state index in [0.717, 1.165) is 5.92 Å². The summed E-state index contributed by atoms with van der Waals surface area (Å²) in [5.74, 6) is 2.12. The van der Waals surface area contributed by atoms with E-state index in [1.807, 2.05) is 12.1 Å². The first-order valence-corrected chi connectivity index (χ1v) is 8.24. The van der Waals surface area contributed by atoms with Gasteiger partial charge >= 0.3 is 0 Å². The molecule has 0 amide bonds. The summed E-state index contributed by atoms with van der Waals surface area (Å²) in [6, 6.07) is 7.75. The van der Waals surface area contributed by atoms with Crippen LogP contribution >= 0.6 is 11.6 Å². The molecular formula is C17H26ClNO2. The van der Waals surface area contributed by atoms with Gasteiger partial charge in [0, 0.05) is 17.6 Å². The van der Waals surface area contributed by atoms with Crippen molar-refractivity contribution in [3.63, 3.8) is 0 Å². The summed E-state index contributed by atoms with van der Waals surface area (Å²) in [5.41, 5.74) is 0. The van der Waals surface area contributed by atoms with Crippen molar-refractivity contribution in [3.05, 3.63) is 29.3 Å². The second-order valence-electron chi connectivity index (χ2n) is 6.20. The highest BCUT2D eigenvalue weighted by atomic mass is 35.5. The van der Waals surface area contributed by atoms with Gasteiger partial charge in [-0.15, -0.1) is 0 Å². The smallest absolute Gasteiger partial charge is 0.120 e. The number of halogens is 1. The van der Waals surface area contributed by atoms with Crippen LogP contribution in [0.5, 0.6) is 5.75 Å². The Labute approximate surface area is 132 Å². The summed E-state index contributed by atoms with van der Waals surface area (Å²) >= 11 is 5.90. The van der Waals surface area contributed by atoms with E-state index in [-0.39, 0.29) is 6.61 Å². The SMILES string of the molecule is CC1CCCC(NCC(O)COc2cccc(Cl)c2)C1C. The van der Waals surface area contributed by atoms with Gasteiger partial charge in [-0.25, -0.2) is 0 Å². The van der Waals surface area contributed by atoms with E-state index < -0.39 is 6.10 Å². The standard InChI is InChI=1S/C17H26ClNO2/c1-12-5-3-8-17(13(12)2)19-10-15(20)11-21-16-7-4-6-14(18)9-16/h4,6-7,9,12-13,15,17,19-20H,3,5,8,10-11H2,1-2H3. The molecule has 4 heteroatoms. The van der Waals surface area contributed by atoms with Crippen LogP contribution in [-0.4, -0.2) is 30.4 Å². The lowest BCUT2D eigenvalue weighted by Crippen LogP contribution is -2.44.